The molecule has 1 aliphatic carbocycles. The Kier molecular flexibility index (Phi) is 4.01. The molecule has 0 fully saturated rings. The molecule has 1 atom stereocenters. The van der Waals surface area contributed by atoms with E-state index in [1.165, 1.54) is 42.4 Å². The molecule has 1 N–H and O–H groups in total. The third-order valence-electron chi connectivity index (χ3n) is 3.72. The average molecular weight is 229 g/mol. The Bertz CT molecular complexity index is 418. The standard InChI is InChI=1S/C16H23N/c1-12-9-10-15(13(2)11-12)16(17-3)14-7-5-4-6-8-14/h7,9-11,16-17H,4-6,8H2,1-3H3. The third kappa shape index (κ3) is 2.78. The van der Waals surface area contributed by atoms with Crippen LogP contribution in [0.1, 0.15) is 48.4 Å². The Balaban J connectivity index is 2.31. The Labute approximate surface area is 105 Å². The molecule has 0 bridgehead atoms. The molecule has 1 aliphatic rings. The number of nitrogens with one attached hydrogen (secondary N) is 1. The molecular formula is C16H23N. The molecule has 1 heteroatoms. The van der Waals surface area contributed by atoms with E-state index < -0.39 is 0 Å². The number of likely N-dealkylation sites (N-methyl/N-ethyl adjacent to an activating group) is 1. The summed E-state index contributed by atoms with van der Waals surface area (Å²) in [7, 11) is 2.07. The van der Waals surface area contributed by atoms with Crippen molar-refractivity contribution in [3.8, 4) is 0 Å². The van der Waals surface area contributed by atoms with Gasteiger partial charge in [-0.1, -0.05) is 35.4 Å². The monoisotopic (exact) mass is 229 g/mol. The van der Waals surface area contributed by atoms with E-state index in [0.29, 0.717) is 6.04 Å². The molecular weight excluding hydrogens is 206 g/mol. The van der Waals surface area contributed by atoms with Crippen LogP contribution in [0.3, 0.4) is 0 Å². The third-order valence-corrected chi connectivity index (χ3v) is 3.72. The van der Waals surface area contributed by atoms with Gasteiger partial charge in [0.1, 0.15) is 0 Å². The van der Waals surface area contributed by atoms with Gasteiger partial charge < -0.3 is 5.32 Å². The highest BCUT2D eigenvalue weighted by molar-refractivity contribution is 5.37. The second kappa shape index (κ2) is 5.50. The van der Waals surface area contributed by atoms with E-state index in [2.05, 4.69) is 50.5 Å². The first-order chi connectivity index (χ1) is 8.22. The predicted molar refractivity (Wildman–Crippen MR) is 74.3 cm³/mol. The average Bonchev–Trinajstić information content (AvgIpc) is 2.34. The fourth-order valence-electron chi connectivity index (χ4n) is 2.82. The summed E-state index contributed by atoms with van der Waals surface area (Å²) < 4.78 is 0. The van der Waals surface area contributed by atoms with Crippen molar-refractivity contribution in [1.29, 1.82) is 0 Å². The zero-order valence-electron chi connectivity index (χ0n) is 11.2. The van der Waals surface area contributed by atoms with Gasteiger partial charge in [-0.15, -0.1) is 0 Å². The Hall–Kier alpha value is -1.08. The largest absolute Gasteiger partial charge is 0.310 e. The molecule has 92 valence electrons. The van der Waals surface area contributed by atoms with Crippen LogP contribution < -0.4 is 5.32 Å². The fourth-order valence-corrected chi connectivity index (χ4v) is 2.82. The van der Waals surface area contributed by atoms with Crippen LogP contribution in [0.2, 0.25) is 0 Å². The van der Waals surface area contributed by atoms with E-state index in [9.17, 15) is 0 Å². The SMILES string of the molecule is CNC(C1=CCCCC1)c1ccc(C)cc1C. The number of aryl methyl sites for hydroxylation is 2. The van der Waals surface area contributed by atoms with Crippen molar-refractivity contribution in [1.82, 2.24) is 5.32 Å². The van der Waals surface area contributed by atoms with Gasteiger partial charge >= 0.3 is 0 Å². The lowest BCUT2D eigenvalue weighted by atomic mass is 9.88. The van der Waals surface area contributed by atoms with Crippen molar-refractivity contribution in [3.63, 3.8) is 0 Å². The summed E-state index contributed by atoms with van der Waals surface area (Å²) in [5.41, 5.74) is 5.76. The maximum Gasteiger partial charge on any atom is 0.0536 e. The first kappa shape index (κ1) is 12.4. The quantitative estimate of drug-likeness (QED) is 0.771. The number of benzene rings is 1. The molecule has 0 amide bonds. The normalized spacial score (nSPS) is 17.7. The van der Waals surface area contributed by atoms with E-state index >= 15 is 0 Å². The van der Waals surface area contributed by atoms with E-state index in [1.807, 2.05) is 0 Å². The second-order valence-corrected chi connectivity index (χ2v) is 5.11. The molecule has 17 heavy (non-hydrogen) atoms. The van der Waals surface area contributed by atoms with Gasteiger partial charge in [0.2, 0.25) is 0 Å². The van der Waals surface area contributed by atoms with Crippen molar-refractivity contribution in [3.05, 3.63) is 46.5 Å². The first-order valence-corrected chi connectivity index (χ1v) is 6.65. The van der Waals surface area contributed by atoms with E-state index in [1.54, 1.807) is 5.57 Å². The van der Waals surface area contributed by atoms with Gasteiger partial charge in [-0.25, -0.2) is 0 Å². The molecule has 0 aliphatic heterocycles. The summed E-state index contributed by atoms with van der Waals surface area (Å²) in [5, 5.41) is 3.48. The van der Waals surface area contributed by atoms with E-state index in [4.69, 9.17) is 0 Å². The molecule has 0 spiro atoms. The molecule has 0 heterocycles. The Morgan fingerprint density at radius 1 is 1.18 bits per heavy atom. The minimum atomic E-state index is 0.413. The predicted octanol–water partition coefficient (Wildman–Crippen LogP) is 4.06. The topological polar surface area (TPSA) is 12.0 Å². The van der Waals surface area contributed by atoms with Crippen molar-refractivity contribution >= 4 is 0 Å². The highest BCUT2D eigenvalue weighted by Gasteiger charge is 2.17. The van der Waals surface area contributed by atoms with Gasteiger partial charge in [0, 0.05) is 0 Å². The Morgan fingerprint density at radius 2 is 2.00 bits per heavy atom. The Morgan fingerprint density at radius 3 is 2.59 bits per heavy atom. The van der Waals surface area contributed by atoms with Crippen LogP contribution in [-0.2, 0) is 0 Å². The van der Waals surface area contributed by atoms with Crippen LogP contribution in [0.25, 0.3) is 0 Å². The zero-order valence-corrected chi connectivity index (χ0v) is 11.2. The number of rotatable bonds is 3. The zero-order chi connectivity index (χ0) is 12.3. The van der Waals surface area contributed by atoms with Crippen molar-refractivity contribution < 1.29 is 0 Å². The van der Waals surface area contributed by atoms with Crippen LogP contribution in [0.5, 0.6) is 0 Å². The maximum absolute atomic E-state index is 3.48. The van der Waals surface area contributed by atoms with E-state index in [0.717, 1.165) is 0 Å². The number of hydrogen-bond acceptors (Lipinski definition) is 1. The molecule has 0 radical (unpaired) electrons. The molecule has 1 aromatic carbocycles. The van der Waals surface area contributed by atoms with Gasteiger partial charge in [0.25, 0.3) is 0 Å². The summed E-state index contributed by atoms with van der Waals surface area (Å²) in [6.45, 7) is 4.38. The van der Waals surface area contributed by atoms with Crippen LogP contribution in [-0.4, -0.2) is 7.05 Å². The number of hydrogen-bond donors (Lipinski definition) is 1. The molecule has 1 unspecified atom stereocenters. The summed E-state index contributed by atoms with van der Waals surface area (Å²) in [5.74, 6) is 0. The highest BCUT2D eigenvalue weighted by Crippen LogP contribution is 2.31. The summed E-state index contributed by atoms with van der Waals surface area (Å²) in [6, 6.07) is 7.19. The van der Waals surface area contributed by atoms with Crippen molar-refractivity contribution in [2.24, 2.45) is 0 Å². The molecule has 0 saturated heterocycles. The lowest BCUT2D eigenvalue weighted by Gasteiger charge is -2.25. The summed E-state index contributed by atoms with van der Waals surface area (Å²) >= 11 is 0. The number of allylic oxidation sites excluding steroid dienone is 1. The molecule has 2 rings (SSSR count). The lowest BCUT2D eigenvalue weighted by Crippen LogP contribution is -2.20. The smallest absolute Gasteiger partial charge is 0.0536 e. The van der Waals surface area contributed by atoms with Crippen LogP contribution in [0, 0.1) is 13.8 Å². The first-order valence-electron chi connectivity index (χ1n) is 6.65. The van der Waals surface area contributed by atoms with Crippen molar-refractivity contribution in [2.45, 2.75) is 45.6 Å². The van der Waals surface area contributed by atoms with Crippen molar-refractivity contribution in [2.75, 3.05) is 7.05 Å². The molecule has 0 saturated carbocycles. The second-order valence-electron chi connectivity index (χ2n) is 5.11. The van der Waals surface area contributed by atoms with Gasteiger partial charge in [-0.3, -0.25) is 0 Å². The summed E-state index contributed by atoms with van der Waals surface area (Å²) in [4.78, 5) is 0. The van der Waals surface area contributed by atoms with Crippen LogP contribution >= 0.6 is 0 Å². The maximum atomic E-state index is 3.48. The molecule has 1 aromatic rings. The van der Waals surface area contributed by atoms with Gasteiger partial charge in [0.05, 0.1) is 6.04 Å². The molecule has 0 aromatic heterocycles. The fraction of sp³-hybridized carbons (Fsp3) is 0.500. The van der Waals surface area contributed by atoms with Gasteiger partial charge in [-0.05, 0) is 57.7 Å². The van der Waals surface area contributed by atoms with E-state index in [-0.39, 0.29) is 0 Å². The molecule has 1 nitrogen and oxygen atoms in total. The van der Waals surface area contributed by atoms with Crippen LogP contribution in [0.4, 0.5) is 0 Å². The van der Waals surface area contributed by atoms with Gasteiger partial charge in [0.15, 0.2) is 0 Å². The highest BCUT2D eigenvalue weighted by atomic mass is 14.9. The minimum absolute atomic E-state index is 0.413. The van der Waals surface area contributed by atoms with Gasteiger partial charge in [-0.2, -0.15) is 0 Å². The lowest BCUT2D eigenvalue weighted by molar-refractivity contribution is 0.591. The van der Waals surface area contributed by atoms with Crippen LogP contribution in [0.15, 0.2) is 29.8 Å². The summed E-state index contributed by atoms with van der Waals surface area (Å²) in [6.07, 6.45) is 7.63. The minimum Gasteiger partial charge on any atom is -0.310 e.